The number of primary amides is 1. The molecule has 15 heteroatoms. The van der Waals surface area contributed by atoms with E-state index in [4.69, 9.17) is 15.2 Å². The first kappa shape index (κ1) is 40.1. The van der Waals surface area contributed by atoms with Crippen LogP contribution < -0.4 is 26.0 Å². The fourth-order valence-corrected chi connectivity index (χ4v) is 9.64. The molecule has 1 aromatic heterocycles. The Hall–Kier alpha value is -7.28. The van der Waals surface area contributed by atoms with Crippen LogP contribution in [0.15, 0.2) is 122 Å². The normalized spacial score (nSPS) is 24.0. The second-order valence-corrected chi connectivity index (χ2v) is 15.5. The van der Waals surface area contributed by atoms with Gasteiger partial charge in [-0.05, 0) is 58.7 Å². The van der Waals surface area contributed by atoms with Crippen molar-refractivity contribution in [1.82, 2.24) is 25.1 Å². The van der Waals surface area contributed by atoms with Gasteiger partial charge in [0.05, 0.1) is 31.2 Å². The quantitative estimate of drug-likeness (QED) is 0.126. The number of urea groups is 1. The van der Waals surface area contributed by atoms with Crippen molar-refractivity contribution in [3.8, 4) is 17.6 Å². The van der Waals surface area contributed by atoms with E-state index < -0.39 is 53.5 Å². The number of aliphatic hydroxyl groups is 1. The molecule has 62 heavy (non-hydrogen) atoms. The number of hydrogen-bond donors (Lipinski definition) is 4. The highest BCUT2D eigenvalue weighted by Crippen LogP contribution is 2.65. The number of carbonyl (C=O) groups excluding carboxylic acids is 4. The minimum absolute atomic E-state index is 0.0135. The Kier molecular flexibility index (Phi) is 11.0. The third kappa shape index (κ3) is 7.12. The number of cyclic esters (lactones) is 1. The number of rotatable bonds is 9. The summed E-state index contributed by atoms with van der Waals surface area (Å²) in [5.74, 6) is 4.21. The van der Waals surface area contributed by atoms with E-state index in [9.17, 15) is 9.90 Å². The number of benzene rings is 4. The minimum atomic E-state index is -1.74. The number of carbonyl (C=O) groups is 4. The SMILES string of the molecule is NC(=O)NCC#Cc1ccc2c(c1)[C@]1(C(=O)N2)[C@H](c2cccc(OCCO)c2)N2[C@H](c3ccccc3)[C@H](c3ccccc3)OC(=O)[C@H]2[C@@H]1C(=O)N1CCN(c2ncccn2)CC1. The topological polar surface area (TPSA) is 193 Å². The Bertz CT molecular complexity index is 2550. The molecular formula is C47H44N8O7. The predicted octanol–water partition coefficient (Wildman–Crippen LogP) is 3.49. The molecule has 5 heterocycles. The van der Waals surface area contributed by atoms with Crippen molar-refractivity contribution in [2.24, 2.45) is 11.7 Å². The monoisotopic (exact) mass is 832 g/mol. The molecule has 5 aromatic rings. The van der Waals surface area contributed by atoms with Crippen molar-refractivity contribution in [2.45, 2.75) is 29.6 Å². The molecule has 0 unspecified atom stereocenters. The Balaban J connectivity index is 1.27. The first-order valence-electron chi connectivity index (χ1n) is 20.5. The van der Waals surface area contributed by atoms with Gasteiger partial charge in [0.1, 0.15) is 29.9 Å². The van der Waals surface area contributed by atoms with Crippen molar-refractivity contribution in [3.05, 3.63) is 149 Å². The van der Waals surface area contributed by atoms with Crippen LogP contribution in [0.2, 0.25) is 0 Å². The van der Waals surface area contributed by atoms with Gasteiger partial charge in [0.2, 0.25) is 17.8 Å². The van der Waals surface area contributed by atoms with E-state index in [1.54, 1.807) is 53.7 Å². The van der Waals surface area contributed by atoms with Crippen molar-refractivity contribution in [1.29, 1.82) is 0 Å². The van der Waals surface area contributed by atoms with Gasteiger partial charge >= 0.3 is 12.0 Å². The lowest BCUT2D eigenvalue weighted by Gasteiger charge is -2.46. The zero-order valence-corrected chi connectivity index (χ0v) is 33.6. The lowest BCUT2D eigenvalue weighted by molar-refractivity contribution is -0.179. The molecule has 9 rings (SSSR count). The van der Waals surface area contributed by atoms with Crippen LogP contribution in [0.5, 0.6) is 5.75 Å². The second-order valence-electron chi connectivity index (χ2n) is 15.5. The maximum Gasteiger partial charge on any atom is 0.324 e. The molecule has 5 N–H and O–H groups in total. The summed E-state index contributed by atoms with van der Waals surface area (Å²) in [4.78, 5) is 72.6. The van der Waals surface area contributed by atoms with Gasteiger partial charge in [0.15, 0.2) is 0 Å². The molecule has 0 aliphatic carbocycles. The number of nitrogens with zero attached hydrogens (tertiary/aromatic N) is 5. The first-order chi connectivity index (χ1) is 30.3. The van der Waals surface area contributed by atoms with Crippen LogP contribution in [0.1, 0.15) is 46.0 Å². The van der Waals surface area contributed by atoms with Crippen molar-refractivity contribution in [2.75, 3.05) is 56.2 Å². The lowest BCUT2D eigenvalue weighted by atomic mass is 9.65. The number of amides is 4. The Morgan fingerprint density at radius 3 is 2.29 bits per heavy atom. The maximum atomic E-state index is 15.8. The molecule has 4 aliphatic heterocycles. The number of morpholine rings is 1. The van der Waals surface area contributed by atoms with Gasteiger partial charge in [-0.15, -0.1) is 0 Å². The van der Waals surface area contributed by atoms with Crippen molar-refractivity contribution < 1.29 is 33.8 Å². The van der Waals surface area contributed by atoms with Crippen LogP contribution in [0.4, 0.5) is 16.4 Å². The zero-order chi connectivity index (χ0) is 42.8. The number of anilines is 2. The van der Waals surface area contributed by atoms with Gasteiger partial charge in [0, 0.05) is 49.8 Å². The highest BCUT2D eigenvalue weighted by atomic mass is 16.6. The number of aliphatic hydroxyl groups excluding tert-OH is 1. The van der Waals surface area contributed by atoms with Gasteiger partial charge in [-0.2, -0.15) is 0 Å². The molecule has 15 nitrogen and oxygen atoms in total. The number of nitrogens with two attached hydrogens (primary N) is 1. The van der Waals surface area contributed by atoms with E-state index in [0.717, 1.165) is 11.1 Å². The number of esters is 1. The van der Waals surface area contributed by atoms with Crippen molar-refractivity contribution >= 4 is 35.5 Å². The molecule has 4 aliphatic rings. The van der Waals surface area contributed by atoms with Crippen molar-refractivity contribution in [3.63, 3.8) is 0 Å². The predicted molar refractivity (Wildman–Crippen MR) is 227 cm³/mol. The van der Waals surface area contributed by atoms with E-state index in [0.29, 0.717) is 47.2 Å². The molecule has 314 valence electrons. The molecule has 0 saturated carbocycles. The summed E-state index contributed by atoms with van der Waals surface area (Å²) in [5, 5.41) is 15.3. The van der Waals surface area contributed by atoms with Gasteiger partial charge in [-0.1, -0.05) is 84.6 Å². The van der Waals surface area contributed by atoms with Crippen LogP contribution in [0.3, 0.4) is 0 Å². The van der Waals surface area contributed by atoms with Crippen LogP contribution >= 0.6 is 0 Å². The zero-order valence-electron chi connectivity index (χ0n) is 33.6. The molecule has 4 amide bonds. The van der Waals surface area contributed by atoms with Gasteiger partial charge in [-0.3, -0.25) is 19.3 Å². The summed E-state index contributed by atoms with van der Waals surface area (Å²) >= 11 is 0. The van der Waals surface area contributed by atoms with Gasteiger partial charge in [0.25, 0.3) is 0 Å². The van der Waals surface area contributed by atoms with E-state index >= 15 is 14.4 Å². The van der Waals surface area contributed by atoms with Crippen LogP contribution in [-0.4, -0.2) is 101 Å². The smallest absolute Gasteiger partial charge is 0.324 e. The Labute approximate surface area is 357 Å². The number of fused-ring (bicyclic) bond motifs is 3. The first-order valence-corrected chi connectivity index (χ1v) is 20.5. The fourth-order valence-electron chi connectivity index (χ4n) is 9.64. The van der Waals surface area contributed by atoms with Crippen LogP contribution in [0.25, 0.3) is 0 Å². The number of aromatic nitrogens is 2. The summed E-state index contributed by atoms with van der Waals surface area (Å²) in [5.41, 5.74) is 7.19. The number of piperazine rings is 1. The number of ether oxygens (including phenoxy) is 2. The summed E-state index contributed by atoms with van der Waals surface area (Å²) < 4.78 is 12.5. The number of nitrogens with one attached hydrogen (secondary N) is 2. The fraction of sp³-hybridized carbons (Fsp3) is 0.277. The summed E-state index contributed by atoms with van der Waals surface area (Å²) in [6, 6.07) is 29.9. The standard InChI is InChI=1S/C47H44N8O7/c48-45(60)49-19-8-10-30-17-18-36-35(28-30)47(44(59)52-36)37(42(57)53-22-24-54(25-23-53)46-50-20-9-21-51-46)39-43(58)62-40(32-13-5-2-6-14-32)38(31-11-3-1-4-12-31)55(39)41(47)33-15-7-16-34(29-33)61-27-26-56/h1-7,9,11-18,20-21,28-29,37-41,56H,19,22-27H2,(H,52,59)(H3,48,49,60)/t37-,38-,39-,40+,41+,47-/m1/s1. The molecule has 0 radical (unpaired) electrons. The minimum Gasteiger partial charge on any atom is -0.491 e. The molecule has 0 bridgehead atoms. The highest BCUT2D eigenvalue weighted by molar-refractivity contribution is 6.12. The largest absolute Gasteiger partial charge is 0.491 e. The number of hydrogen-bond acceptors (Lipinski definition) is 11. The molecular weight excluding hydrogens is 789 g/mol. The maximum absolute atomic E-state index is 15.8. The molecule has 6 atom stereocenters. The summed E-state index contributed by atoms with van der Waals surface area (Å²) in [7, 11) is 0. The molecule has 3 fully saturated rings. The van der Waals surface area contributed by atoms with Gasteiger partial charge < -0.3 is 40.7 Å². The van der Waals surface area contributed by atoms with Crippen LogP contribution in [0, 0.1) is 17.8 Å². The summed E-state index contributed by atoms with van der Waals surface area (Å²) in [6.07, 6.45) is 2.51. The van der Waals surface area contributed by atoms with E-state index in [1.807, 2.05) is 82.6 Å². The average Bonchev–Trinajstić information content (AvgIpc) is 3.79. The molecule has 4 aromatic carbocycles. The average molecular weight is 833 g/mol. The van der Waals surface area contributed by atoms with Crippen LogP contribution in [-0.2, 0) is 24.5 Å². The van der Waals surface area contributed by atoms with E-state index in [-0.39, 0.29) is 38.8 Å². The summed E-state index contributed by atoms with van der Waals surface area (Å²) in [6.45, 7) is 1.20. The highest BCUT2D eigenvalue weighted by Gasteiger charge is 2.74. The molecule has 1 spiro atoms. The Morgan fingerprint density at radius 1 is 0.871 bits per heavy atom. The van der Waals surface area contributed by atoms with E-state index in [1.165, 1.54) is 0 Å². The lowest BCUT2D eigenvalue weighted by Crippen LogP contribution is -2.58. The van der Waals surface area contributed by atoms with E-state index in [2.05, 4.69) is 32.4 Å². The molecule has 3 saturated heterocycles. The third-order valence-electron chi connectivity index (χ3n) is 12.1. The second kappa shape index (κ2) is 17.0. The Morgan fingerprint density at radius 2 is 1.58 bits per heavy atom. The van der Waals surface area contributed by atoms with Gasteiger partial charge in [-0.25, -0.2) is 14.8 Å². The third-order valence-corrected chi connectivity index (χ3v) is 12.1.